The van der Waals surface area contributed by atoms with Crippen LogP contribution in [0.4, 0.5) is 0 Å². The van der Waals surface area contributed by atoms with E-state index in [0.717, 1.165) is 35.0 Å². The zero-order valence-corrected chi connectivity index (χ0v) is 18.0. The monoisotopic (exact) mass is 433 g/mol. The summed E-state index contributed by atoms with van der Waals surface area (Å²) in [7, 11) is 0. The highest BCUT2D eigenvalue weighted by Crippen LogP contribution is 2.33. The van der Waals surface area contributed by atoms with E-state index in [0.29, 0.717) is 21.1 Å². The Hall–Kier alpha value is -1.52. The van der Waals surface area contributed by atoms with E-state index in [1.807, 2.05) is 36.4 Å². The number of imidazole rings is 1. The minimum Gasteiger partial charge on any atom is -0.308 e. The summed E-state index contributed by atoms with van der Waals surface area (Å²) in [5.41, 5.74) is 3.98. The maximum atomic E-state index is 6.52. The predicted octanol–water partition coefficient (Wildman–Crippen LogP) is 6.84. The van der Waals surface area contributed by atoms with Crippen molar-refractivity contribution in [1.82, 2.24) is 14.9 Å². The molecule has 0 atom stereocenters. The molecule has 1 saturated carbocycles. The summed E-state index contributed by atoms with van der Waals surface area (Å²) in [5.74, 6) is 0.810. The van der Waals surface area contributed by atoms with Crippen molar-refractivity contribution >= 4 is 34.8 Å². The second kappa shape index (κ2) is 8.46. The van der Waals surface area contributed by atoms with Crippen LogP contribution in [-0.2, 0) is 6.54 Å². The Bertz CT molecular complexity index is 973. The van der Waals surface area contributed by atoms with E-state index < -0.39 is 0 Å². The van der Waals surface area contributed by atoms with Crippen LogP contribution in [0, 0.1) is 6.92 Å². The SMILES string of the molecule is Cc1c(CNC2CCCC2)nc(-c2ccc(Cl)cc2Cl)n1-c1ccc(Cl)cc1. The van der Waals surface area contributed by atoms with Crippen LogP contribution < -0.4 is 5.32 Å². The Labute approximate surface area is 180 Å². The third kappa shape index (κ3) is 4.08. The average Bonchev–Trinajstić information content (AvgIpc) is 3.29. The molecule has 1 heterocycles. The highest BCUT2D eigenvalue weighted by molar-refractivity contribution is 6.36. The van der Waals surface area contributed by atoms with E-state index in [-0.39, 0.29) is 0 Å². The van der Waals surface area contributed by atoms with E-state index in [1.165, 1.54) is 25.7 Å². The van der Waals surface area contributed by atoms with E-state index >= 15 is 0 Å². The zero-order chi connectivity index (χ0) is 19.7. The van der Waals surface area contributed by atoms with Crippen molar-refractivity contribution < 1.29 is 0 Å². The fourth-order valence-corrected chi connectivity index (χ4v) is 4.46. The van der Waals surface area contributed by atoms with Gasteiger partial charge in [-0.05, 0) is 62.2 Å². The first-order valence-electron chi connectivity index (χ1n) is 9.56. The second-order valence-electron chi connectivity index (χ2n) is 7.27. The first-order valence-corrected chi connectivity index (χ1v) is 10.7. The molecule has 1 aliphatic rings. The molecular weight excluding hydrogens is 413 g/mol. The molecule has 0 aliphatic heterocycles. The Kier molecular flexibility index (Phi) is 5.98. The molecule has 1 fully saturated rings. The van der Waals surface area contributed by atoms with Crippen LogP contribution in [0.15, 0.2) is 42.5 Å². The topological polar surface area (TPSA) is 29.9 Å². The van der Waals surface area contributed by atoms with E-state index in [4.69, 9.17) is 39.8 Å². The summed E-state index contributed by atoms with van der Waals surface area (Å²) in [6.07, 6.45) is 5.10. The third-order valence-electron chi connectivity index (χ3n) is 5.38. The molecule has 1 aliphatic carbocycles. The van der Waals surface area contributed by atoms with Crippen molar-refractivity contribution in [1.29, 1.82) is 0 Å². The van der Waals surface area contributed by atoms with Gasteiger partial charge in [0.2, 0.25) is 0 Å². The van der Waals surface area contributed by atoms with Crippen LogP contribution in [0.1, 0.15) is 37.1 Å². The highest BCUT2D eigenvalue weighted by atomic mass is 35.5. The van der Waals surface area contributed by atoms with Gasteiger partial charge in [-0.15, -0.1) is 0 Å². The molecule has 1 aromatic heterocycles. The quantitative estimate of drug-likeness (QED) is 0.476. The van der Waals surface area contributed by atoms with Crippen LogP contribution >= 0.6 is 34.8 Å². The van der Waals surface area contributed by atoms with Crippen LogP contribution in [0.25, 0.3) is 17.1 Å². The molecule has 28 heavy (non-hydrogen) atoms. The number of benzene rings is 2. The van der Waals surface area contributed by atoms with E-state index in [2.05, 4.69) is 16.8 Å². The first kappa shape index (κ1) is 19.8. The van der Waals surface area contributed by atoms with Crippen molar-refractivity contribution in [3.05, 3.63) is 68.9 Å². The Morgan fingerprint density at radius 3 is 2.36 bits per heavy atom. The number of hydrogen-bond acceptors (Lipinski definition) is 2. The Morgan fingerprint density at radius 1 is 1.00 bits per heavy atom. The molecule has 0 spiro atoms. The van der Waals surface area contributed by atoms with E-state index in [9.17, 15) is 0 Å². The van der Waals surface area contributed by atoms with Gasteiger partial charge in [0.25, 0.3) is 0 Å². The summed E-state index contributed by atoms with van der Waals surface area (Å²) in [4.78, 5) is 4.97. The van der Waals surface area contributed by atoms with Crippen LogP contribution in [0.3, 0.4) is 0 Å². The lowest BCUT2D eigenvalue weighted by Crippen LogP contribution is -2.25. The molecule has 1 N–H and O–H groups in total. The highest BCUT2D eigenvalue weighted by Gasteiger charge is 2.20. The molecule has 2 aromatic carbocycles. The molecule has 3 nitrogen and oxygen atoms in total. The van der Waals surface area contributed by atoms with Gasteiger partial charge in [0.15, 0.2) is 0 Å². The minimum absolute atomic E-state index is 0.586. The number of hydrogen-bond donors (Lipinski definition) is 1. The lowest BCUT2D eigenvalue weighted by Gasteiger charge is -2.12. The maximum Gasteiger partial charge on any atom is 0.146 e. The van der Waals surface area contributed by atoms with Crippen LogP contribution in [0.5, 0.6) is 0 Å². The van der Waals surface area contributed by atoms with Gasteiger partial charge in [0.1, 0.15) is 5.82 Å². The van der Waals surface area contributed by atoms with Crippen LogP contribution in [-0.4, -0.2) is 15.6 Å². The molecule has 0 radical (unpaired) electrons. The molecular formula is C22H22Cl3N3. The van der Waals surface area contributed by atoms with Crippen molar-refractivity contribution in [2.45, 2.75) is 45.2 Å². The second-order valence-corrected chi connectivity index (χ2v) is 8.55. The summed E-state index contributed by atoms with van der Waals surface area (Å²) in [6.45, 7) is 2.84. The zero-order valence-electron chi connectivity index (χ0n) is 15.7. The normalized spacial score (nSPS) is 14.7. The van der Waals surface area contributed by atoms with Gasteiger partial charge < -0.3 is 5.32 Å². The van der Waals surface area contributed by atoms with Crippen LogP contribution in [0.2, 0.25) is 15.1 Å². The maximum absolute atomic E-state index is 6.52. The summed E-state index contributed by atoms with van der Waals surface area (Å²) in [6, 6.07) is 13.9. The van der Waals surface area contributed by atoms with Gasteiger partial charge in [-0.25, -0.2) is 4.98 Å². The number of aromatic nitrogens is 2. The van der Waals surface area contributed by atoms with Gasteiger partial charge in [0, 0.05) is 39.6 Å². The fraction of sp³-hybridized carbons (Fsp3) is 0.318. The molecule has 4 rings (SSSR count). The summed E-state index contributed by atoms with van der Waals surface area (Å²) < 4.78 is 2.14. The molecule has 0 saturated heterocycles. The van der Waals surface area contributed by atoms with Gasteiger partial charge in [-0.3, -0.25) is 4.57 Å². The number of nitrogens with zero attached hydrogens (tertiary/aromatic N) is 2. The van der Waals surface area contributed by atoms with Gasteiger partial charge in [0.05, 0.1) is 10.7 Å². The predicted molar refractivity (Wildman–Crippen MR) is 118 cm³/mol. The van der Waals surface area contributed by atoms with E-state index in [1.54, 1.807) is 6.07 Å². The lowest BCUT2D eigenvalue weighted by atomic mass is 10.2. The Balaban J connectivity index is 1.77. The van der Waals surface area contributed by atoms with Crippen molar-refractivity contribution in [3.63, 3.8) is 0 Å². The molecule has 6 heteroatoms. The standard InChI is InChI=1S/C22H22Cl3N3/c1-14-21(13-26-17-4-2-3-5-17)27-22(19-11-8-16(24)12-20(19)25)28(14)18-9-6-15(23)7-10-18/h6-12,17,26H,2-5,13H2,1H3. The smallest absolute Gasteiger partial charge is 0.146 e. The molecule has 146 valence electrons. The molecule has 0 unspecified atom stereocenters. The number of rotatable bonds is 5. The fourth-order valence-electron chi connectivity index (χ4n) is 3.84. The van der Waals surface area contributed by atoms with Gasteiger partial charge >= 0.3 is 0 Å². The number of halogens is 3. The number of nitrogens with one attached hydrogen (secondary N) is 1. The van der Waals surface area contributed by atoms with Crippen molar-refractivity contribution in [2.24, 2.45) is 0 Å². The minimum atomic E-state index is 0.586. The molecule has 3 aromatic rings. The van der Waals surface area contributed by atoms with Crippen molar-refractivity contribution in [2.75, 3.05) is 0 Å². The largest absolute Gasteiger partial charge is 0.308 e. The third-order valence-corrected chi connectivity index (χ3v) is 6.18. The summed E-state index contributed by atoms with van der Waals surface area (Å²) >= 11 is 18.7. The average molecular weight is 435 g/mol. The summed E-state index contributed by atoms with van der Waals surface area (Å²) in [5, 5.41) is 5.56. The molecule has 0 amide bonds. The van der Waals surface area contributed by atoms with Gasteiger partial charge in [-0.2, -0.15) is 0 Å². The first-order chi connectivity index (χ1) is 13.5. The Morgan fingerprint density at radius 2 is 1.68 bits per heavy atom. The van der Waals surface area contributed by atoms with Gasteiger partial charge in [-0.1, -0.05) is 47.6 Å². The van der Waals surface area contributed by atoms with Crippen molar-refractivity contribution in [3.8, 4) is 17.1 Å². The molecule has 0 bridgehead atoms. The lowest BCUT2D eigenvalue weighted by molar-refractivity contribution is 0.519.